The van der Waals surface area contributed by atoms with E-state index < -0.39 is 0 Å². The topological polar surface area (TPSA) is 53.6 Å². The molecule has 0 aliphatic carbocycles. The summed E-state index contributed by atoms with van der Waals surface area (Å²) < 4.78 is 5.03. The molecule has 5 nitrogen and oxygen atoms in total. The molecule has 2 saturated heterocycles. The van der Waals surface area contributed by atoms with Crippen LogP contribution >= 0.6 is 0 Å². The molecule has 0 bridgehead atoms. The van der Waals surface area contributed by atoms with Gasteiger partial charge in [-0.15, -0.1) is 0 Å². The first-order chi connectivity index (χ1) is 9.69. The van der Waals surface area contributed by atoms with Gasteiger partial charge in [-0.25, -0.2) is 0 Å². The second-order valence-corrected chi connectivity index (χ2v) is 6.24. The lowest BCUT2D eigenvalue weighted by molar-refractivity contribution is -0.123. The fraction of sp³-hybridized carbons (Fsp3) is 0.933. The van der Waals surface area contributed by atoms with Gasteiger partial charge in [0.2, 0.25) is 5.91 Å². The molecule has 2 aliphatic rings. The van der Waals surface area contributed by atoms with E-state index in [4.69, 9.17) is 4.74 Å². The Labute approximate surface area is 122 Å². The zero-order valence-electron chi connectivity index (χ0n) is 12.9. The fourth-order valence-electron chi connectivity index (χ4n) is 3.44. The maximum atomic E-state index is 11.9. The number of piperidine rings is 1. The van der Waals surface area contributed by atoms with Crippen LogP contribution in [0.15, 0.2) is 0 Å². The number of rotatable bonds is 6. The van der Waals surface area contributed by atoms with Gasteiger partial charge in [-0.05, 0) is 58.2 Å². The molecule has 2 aliphatic heterocycles. The Bertz CT molecular complexity index is 297. The Kier molecular flexibility index (Phi) is 6.26. The molecular formula is C15H29N3O2. The Balaban J connectivity index is 1.64. The summed E-state index contributed by atoms with van der Waals surface area (Å²) in [6.45, 7) is 6.36. The van der Waals surface area contributed by atoms with Crippen LogP contribution in [-0.4, -0.2) is 62.8 Å². The first kappa shape index (κ1) is 15.7. The Morgan fingerprint density at radius 1 is 1.40 bits per heavy atom. The van der Waals surface area contributed by atoms with E-state index in [1.165, 1.54) is 32.2 Å². The lowest BCUT2D eigenvalue weighted by atomic mass is 9.88. The van der Waals surface area contributed by atoms with Crippen molar-refractivity contribution in [1.82, 2.24) is 15.5 Å². The molecular weight excluding hydrogens is 254 g/mol. The predicted octanol–water partition coefficient (Wildman–Crippen LogP) is 0.602. The van der Waals surface area contributed by atoms with Crippen LogP contribution in [0.4, 0.5) is 0 Å². The van der Waals surface area contributed by atoms with E-state index in [1.807, 2.05) is 6.92 Å². The summed E-state index contributed by atoms with van der Waals surface area (Å²) in [4.78, 5) is 14.2. The highest BCUT2D eigenvalue weighted by Crippen LogP contribution is 2.25. The van der Waals surface area contributed by atoms with Crippen LogP contribution in [0.2, 0.25) is 0 Å². The minimum absolute atomic E-state index is 0.0905. The first-order valence-electron chi connectivity index (χ1n) is 7.93. The first-order valence-corrected chi connectivity index (χ1v) is 7.93. The van der Waals surface area contributed by atoms with Gasteiger partial charge in [0, 0.05) is 19.2 Å². The number of ether oxygens (including phenoxy) is 1. The average molecular weight is 283 g/mol. The second-order valence-electron chi connectivity index (χ2n) is 6.24. The van der Waals surface area contributed by atoms with Crippen molar-refractivity contribution in [3.05, 3.63) is 0 Å². The molecule has 2 rings (SSSR count). The van der Waals surface area contributed by atoms with E-state index in [1.54, 1.807) is 7.11 Å². The number of hydrogen-bond donors (Lipinski definition) is 2. The highest BCUT2D eigenvalue weighted by molar-refractivity contribution is 5.78. The molecule has 0 radical (unpaired) electrons. The van der Waals surface area contributed by atoms with Gasteiger partial charge in [0.05, 0.1) is 13.2 Å². The molecule has 2 N–H and O–H groups in total. The summed E-state index contributed by atoms with van der Waals surface area (Å²) >= 11 is 0. The van der Waals surface area contributed by atoms with E-state index in [9.17, 15) is 4.79 Å². The zero-order chi connectivity index (χ0) is 14.4. The molecule has 0 spiro atoms. The van der Waals surface area contributed by atoms with Crippen LogP contribution in [0.3, 0.4) is 0 Å². The third-order valence-corrected chi connectivity index (χ3v) is 4.49. The highest BCUT2D eigenvalue weighted by Gasteiger charge is 2.28. The van der Waals surface area contributed by atoms with Crippen molar-refractivity contribution in [2.24, 2.45) is 5.92 Å². The largest absolute Gasteiger partial charge is 0.383 e. The monoisotopic (exact) mass is 283 g/mol. The SMILES string of the molecule is COCC(C)NC(=O)CN1CCC(C2CCCN2)CC1. The lowest BCUT2D eigenvalue weighted by Crippen LogP contribution is -2.46. The molecule has 2 atom stereocenters. The van der Waals surface area contributed by atoms with Crippen molar-refractivity contribution in [3.63, 3.8) is 0 Å². The summed E-state index contributed by atoms with van der Waals surface area (Å²) in [5, 5.41) is 6.59. The number of carbonyl (C=O) groups is 1. The van der Waals surface area contributed by atoms with Gasteiger partial charge in [-0.2, -0.15) is 0 Å². The molecule has 0 aromatic rings. The zero-order valence-corrected chi connectivity index (χ0v) is 12.9. The van der Waals surface area contributed by atoms with E-state index in [-0.39, 0.29) is 11.9 Å². The van der Waals surface area contributed by atoms with Crippen molar-refractivity contribution < 1.29 is 9.53 Å². The van der Waals surface area contributed by atoms with Gasteiger partial charge < -0.3 is 15.4 Å². The van der Waals surface area contributed by atoms with Crippen LogP contribution in [0, 0.1) is 5.92 Å². The van der Waals surface area contributed by atoms with Gasteiger partial charge in [0.1, 0.15) is 0 Å². The second kappa shape index (κ2) is 7.96. The molecule has 20 heavy (non-hydrogen) atoms. The Hall–Kier alpha value is -0.650. The smallest absolute Gasteiger partial charge is 0.234 e. The van der Waals surface area contributed by atoms with Crippen molar-refractivity contribution in [2.45, 2.75) is 44.7 Å². The van der Waals surface area contributed by atoms with E-state index in [0.717, 1.165) is 25.0 Å². The van der Waals surface area contributed by atoms with Crippen molar-refractivity contribution >= 4 is 5.91 Å². The van der Waals surface area contributed by atoms with Crippen molar-refractivity contribution in [1.29, 1.82) is 0 Å². The number of hydrogen-bond acceptors (Lipinski definition) is 4. The lowest BCUT2D eigenvalue weighted by Gasteiger charge is -2.34. The fourth-order valence-corrected chi connectivity index (χ4v) is 3.44. The molecule has 0 aromatic carbocycles. The molecule has 2 fully saturated rings. The Morgan fingerprint density at radius 2 is 2.15 bits per heavy atom. The molecule has 5 heteroatoms. The molecule has 1 amide bonds. The third-order valence-electron chi connectivity index (χ3n) is 4.49. The van der Waals surface area contributed by atoms with Crippen molar-refractivity contribution in [3.8, 4) is 0 Å². The summed E-state index contributed by atoms with van der Waals surface area (Å²) in [5.41, 5.74) is 0. The quantitative estimate of drug-likeness (QED) is 0.749. The van der Waals surface area contributed by atoms with Gasteiger partial charge in [0.25, 0.3) is 0 Å². The number of nitrogens with one attached hydrogen (secondary N) is 2. The molecule has 116 valence electrons. The number of likely N-dealkylation sites (tertiary alicyclic amines) is 1. The molecule has 0 saturated carbocycles. The minimum atomic E-state index is 0.0905. The van der Waals surface area contributed by atoms with Gasteiger partial charge in [-0.3, -0.25) is 9.69 Å². The van der Waals surface area contributed by atoms with Crippen LogP contribution in [0.5, 0.6) is 0 Å². The number of carbonyl (C=O) groups excluding carboxylic acids is 1. The number of amides is 1. The minimum Gasteiger partial charge on any atom is -0.383 e. The van der Waals surface area contributed by atoms with Crippen LogP contribution in [0.25, 0.3) is 0 Å². The Morgan fingerprint density at radius 3 is 2.75 bits per heavy atom. The van der Waals surface area contributed by atoms with Gasteiger partial charge in [0.15, 0.2) is 0 Å². The van der Waals surface area contributed by atoms with E-state index in [2.05, 4.69) is 15.5 Å². The summed E-state index contributed by atoms with van der Waals surface area (Å²) in [6.07, 6.45) is 5.10. The summed E-state index contributed by atoms with van der Waals surface area (Å²) in [6, 6.07) is 0.820. The van der Waals surface area contributed by atoms with Gasteiger partial charge >= 0.3 is 0 Å². The molecule has 2 heterocycles. The predicted molar refractivity (Wildman–Crippen MR) is 79.7 cm³/mol. The number of nitrogens with zero attached hydrogens (tertiary/aromatic N) is 1. The van der Waals surface area contributed by atoms with Crippen LogP contribution in [0.1, 0.15) is 32.6 Å². The maximum absolute atomic E-state index is 11.9. The highest BCUT2D eigenvalue weighted by atomic mass is 16.5. The van der Waals surface area contributed by atoms with Gasteiger partial charge in [-0.1, -0.05) is 0 Å². The van der Waals surface area contributed by atoms with E-state index >= 15 is 0 Å². The number of methoxy groups -OCH3 is 1. The summed E-state index contributed by atoms with van der Waals surface area (Å²) in [7, 11) is 1.66. The van der Waals surface area contributed by atoms with Crippen LogP contribution in [-0.2, 0) is 9.53 Å². The standard InChI is InChI=1S/C15H29N3O2/c1-12(11-20-2)17-15(19)10-18-8-5-13(6-9-18)14-4-3-7-16-14/h12-14,16H,3-11H2,1-2H3,(H,17,19). The maximum Gasteiger partial charge on any atom is 0.234 e. The average Bonchev–Trinajstić information content (AvgIpc) is 2.93. The van der Waals surface area contributed by atoms with Crippen molar-refractivity contribution in [2.75, 3.05) is 39.9 Å². The molecule has 0 aromatic heterocycles. The third kappa shape index (κ3) is 4.72. The van der Waals surface area contributed by atoms with Crippen LogP contribution < -0.4 is 10.6 Å². The summed E-state index contributed by atoms with van der Waals surface area (Å²) in [5.74, 6) is 0.927. The normalized spacial score (nSPS) is 26.6. The van der Waals surface area contributed by atoms with E-state index in [0.29, 0.717) is 13.2 Å². The molecule has 2 unspecified atom stereocenters.